The molecule has 194 valence electrons. The molecule has 2 aromatic carbocycles. The maximum absolute atomic E-state index is 14.2. The van der Waals surface area contributed by atoms with Gasteiger partial charge in [0.15, 0.2) is 0 Å². The Morgan fingerprint density at radius 2 is 1.86 bits per heavy atom. The average Bonchev–Trinajstić information content (AvgIpc) is 2.82. The van der Waals surface area contributed by atoms with E-state index in [4.69, 9.17) is 14.2 Å². The molecule has 4 rings (SSSR count). The van der Waals surface area contributed by atoms with Gasteiger partial charge in [-0.2, -0.15) is 0 Å². The first-order valence-corrected chi connectivity index (χ1v) is 12.2. The van der Waals surface area contributed by atoms with E-state index in [0.717, 1.165) is 17.5 Å². The van der Waals surface area contributed by atoms with Crippen molar-refractivity contribution in [2.45, 2.75) is 75.8 Å². The van der Waals surface area contributed by atoms with Crippen LogP contribution in [0.5, 0.6) is 5.75 Å². The van der Waals surface area contributed by atoms with Crippen LogP contribution >= 0.6 is 0 Å². The summed E-state index contributed by atoms with van der Waals surface area (Å²) in [6.07, 6.45) is 1.13. The number of benzene rings is 2. The number of halogens is 1. The van der Waals surface area contributed by atoms with Crippen LogP contribution in [0, 0.1) is 5.82 Å². The van der Waals surface area contributed by atoms with E-state index < -0.39 is 30.2 Å². The zero-order valence-electron chi connectivity index (χ0n) is 21.0. The third-order valence-corrected chi connectivity index (χ3v) is 6.93. The van der Waals surface area contributed by atoms with Gasteiger partial charge in [0.25, 0.3) is 0 Å². The summed E-state index contributed by atoms with van der Waals surface area (Å²) in [4.78, 5) is 11.8. The van der Waals surface area contributed by atoms with Crippen LogP contribution in [0.3, 0.4) is 0 Å². The Balaban J connectivity index is 1.71. The molecule has 2 unspecified atom stereocenters. The molecule has 0 bridgehead atoms. The molecule has 36 heavy (non-hydrogen) atoms. The van der Waals surface area contributed by atoms with Crippen molar-refractivity contribution in [3.8, 4) is 16.9 Å². The van der Waals surface area contributed by atoms with Gasteiger partial charge in [0.2, 0.25) is 12.2 Å². The molecule has 0 aromatic heterocycles. The van der Waals surface area contributed by atoms with Gasteiger partial charge in [-0.1, -0.05) is 30.4 Å². The second-order valence-corrected chi connectivity index (χ2v) is 9.96. The molecule has 0 radical (unpaired) electrons. The van der Waals surface area contributed by atoms with Crippen LogP contribution in [0.25, 0.3) is 11.1 Å². The third-order valence-electron chi connectivity index (χ3n) is 6.93. The molecule has 7 nitrogen and oxygen atoms in total. The number of carbonyl (C=O) groups is 1. The molecular weight excluding hydrogens is 465 g/mol. The van der Waals surface area contributed by atoms with E-state index in [9.17, 15) is 19.4 Å². The Morgan fingerprint density at radius 1 is 1.11 bits per heavy atom. The highest BCUT2D eigenvalue weighted by Gasteiger charge is 2.50. The highest BCUT2D eigenvalue weighted by molar-refractivity contribution is 5.74. The van der Waals surface area contributed by atoms with Crippen molar-refractivity contribution < 1.29 is 33.6 Å². The molecule has 1 amide bonds. The number of carbonyl (C=O) groups excluding carboxylic acids is 1. The number of amides is 1. The molecule has 6 atom stereocenters. The summed E-state index contributed by atoms with van der Waals surface area (Å²) in [6.45, 7) is 5.01. The van der Waals surface area contributed by atoms with Crippen molar-refractivity contribution in [1.82, 2.24) is 5.32 Å². The molecule has 1 saturated heterocycles. The monoisotopic (exact) mass is 499 g/mol. The minimum atomic E-state index is -1.34. The summed E-state index contributed by atoms with van der Waals surface area (Å²) in [5.74, 6) is -0.103. The highest BCUT2D eigenvalue weighted by atomic mass is 19.1. The molecule has 1 heterocycles. The SMILES string of the molecule is CO[C@@H]1[C@@H](O)[C@@H](O)[C@H](Oc2ccc(C3CC=CCC3NC(C)=O)c(-c3cccc(F)c3)c2)OC1(C)C. The lowest BCUT2D eigenvalue weighted by Gasteiger charge is -2.46. The summed E-state index contributed by atoms with van der Waals surface area (Å²) in [6, 6.07) is 11.7. The first kappa shape index (κ1) is 26.3. The first-order valence-electron chi connectivity index (χ1n) is 12.2. The van der Waals surface area contributed by atoms with Crippen LogP contribution in [0.1, 0.15) is 45.1 Å². The third kappa shape index (κ3) is 5.47. The van der Waals surface area contributed by atoms with Gasteiger partial charge >= 0.3 is 0 Å². The fourth-order valence-electron chi connectivity index (χ4n) is 5.26. The second kappa shape index (κ2) is 10.7. The summed E-state index contributed by atoms with van der Waals surface area (Å²) < 4.78 is 31.5. The Bertz CT molecular complexity index is 1120. The van der Waals surface area contributed by atoms with Gasteiger partial charge < -0.3 is 29.7 Å². The number of allylic oxidation sites excluding steroid dienone is 1. The van der Waals surface area contributed by atoms with Gasteiger partial charge in [0, 0.05) is 26.0 Å². The lowest BCUT2D eigenvalue weighted by atomic mass is 9.80. The fourth-order valence-corrected chi connectivity index (χ4v) is 5.26. The molecule has 2 aliphatic rings. The first-order chi connectivity index (χ1) is 17.1. The number of ether oxygens (including phenoxy) is 3. The van der Waals surface area contributed by atoms with Crippen LogP contribution in [-0.4, -0.2) is 59.5 Å². The Labute approximate surface area is 210 Å². The van der Waals surface area contributed by atoms with Gasteiger partial charge in [0.1, 0.15) is 29.9 Å². The summed E-state index contributed by atoms with van der Waals surface area (Å²) in [5, 5.41) is 24.3. The van der Waals surface area contributed by atoms with Crippen LogP contribution in [-0.2, 0) is 14.3 Å². The quantitative estimate of drug-likeness (QED) is 0.525. The van der Waals surface area contributed by atoms with Crippen LogP contribution in [0.15, 0.2) is 54.6 Å². The van der Waals surface area contributed by atoms with Crippen molar-refractivity contribution in [2.24, 2.45) is 0 Å². The Kier molecular flexibility index (Phi) is 7.80. The van der Waals surface area contributed by atoms with Crippen molar-refractivity contribution in [3.63, 3.8) is 0 Å². The van der Waals surface area contributed by atoms with Crippen molar-refractivity contribution in [2.75, 3.05) is 7.11 Å². The molecule has 1 fully saturated rings. The molecule has 1 aliphatic carbocycles. The van der Waals surface area contributed by atoms with E-state index in [0.29, 0.717) is 17.7 Å². The van der Waals surface area contributed by atoms with E-state index >= 15 is 0 Å². The zero-order chi connectivity index (χ0) is 26.0. The predicted molar refractivity (Wildman–Crippen MR) is 133 cm³/mol. The van der Waals surface area contributed by atoms with Crippen LogP contribution in [0.2, 0.25) is 0 Å². The van der Waals surface area contributed by atoms with E-state index in [1.165, 1.54) is 26.2 Å². The van der Waals surface area contributed by atoms with E-state index in [-0.39, 0.29) is 23.7 Å². The van der Waals surface area contributed by atoms with Crippen molar-refractivity contribution in [3.05, 3.63) is 66.0 Å². The van der Waals surface area contributed by atoms with Gasteiger partial charge in [-0.25, -0.2) is 4.39 Å². The second-order valence-electron chi connectivity index (χ2n) is 9.96. The highest BCUT2D eigenvalue weighted by Crippen LogP contribution is 2.40. The molecule has 3 N–H and O–H groups in total. The number of rotatable bonds is 6. The smallest absolute Gasteiger partial charge is 0.229 e. The molecular formula is C28H34FNO6. The number of methoxy groups -OCH3 is 1. The summed E-state index contributed by atoms with van der Waals surface area (Å²) >= 11 is 0. The fraction of sp³-hybridized carbons (Fsp3) is 0.464. The molecule has 0 spiro atoms. The largest absolute Gasteiger partial charge is 0.462 e. The van der Waals surface area contributed by atoms with Crippen LogP contribution < -0.4 is 10.1 Å². The average molecular weight is 500 g/mol. The van der Waals surface area contributed by atoms with E-state index in [1.54, 1.807) is 32.0 Å². The van der Waals surface area contributed by atoms with E-state index in [2.05, 4.69) is 17.5 Å². The van der Waals surface area contributed by atoms with Gasteiger partial charge in [-0.05, 0) is 67.6 Å². The number of hydrogen-bond donors (Lipinski definition) is 3. The zero-order valence-corrected chi connectivity index (χ0v) is 21.0. The minimum Gasteiger partial charge on any atom is -0.462 e. The topological polar surface area (TPSA) is 97.3 Å². The molecule has 1 aliphatic heterocycles. The van der Waals surface area contributed by atoms with Crippen molar-refractivity contribution >= 4 is 5.91 Å². The lowest BCUT2D eigenvalue weighted by Crippen LogP contribution is -2.63. The Morgan fingerprint density at radius 3 is 2.56 bits per heavy atom. The van der Waals surface area contributed by atoms with Crippen LogP contribution in [0.4, 0.5) is 4.39 Å². The minimum absolute atomic E-state index is 0.0223. The maximum atomic E-state index is 14.2. The number of hydrogen-bond acceptors (Lipinski definition) is 6. The Hall–Kier alpha value is -2.78. The van der Waals surface area contributed by atoms with Crippen molar-refractivity contribution in [1.29, 1.82) is 0 Å². The summed E-state index contributed by atoms with van der Waals surface area (Å²) in [7, 11) is 1.45. The molecule has 0 saturated carbocycles. The number of aliphatic hydroxyl groups excluding tert-OH is 2. The maximum Gasteiger partial charge on any atom is 0.229 e. The molecule has 2 aromatic rings. The van der Waals surface area contributed by atoms with Gasteiger partial charge in [-0.3, -0.25) is 4.79 Å². The van der Waals surface area contributed by atoms with Gasteiger partial charge in [-0.15, -0.1) is 0 Å². The molecule has 8 heteroatoms. The summed E-state index contributed by atoms with van der Waals surface area (Å²) in [5.41, 5.74) is 1.45. The normalized spacial score (nSPS) is 29.5. The van der Waals surface area contributed by atoms with E-state index in [1.807, 2.05) is 12.1 Å². The number of aliphatic hydroxyl groups is 2. The predicted octanol–water partition coefficient (Wildman–Crippen LogP) is 3.68. The standard InChI is InChI=1S/C28H34FNO6/c1-16(31)30-23-11-6-5-10-21(23)20-13-12-19(15-22(20)17-8-7-9-18(29)14-17)35-27-25(33)24(32)26(34-4)28(2,3)36-27/h5-9,12-15,21,23-27,32-33H,10-11H2,1-4H3,(H,30,31)/t21?,23?,24-,25+,26+,27+/m0/s1. The van der Waals surface area contributed by atoms with Gasteiger partial charge in [0.05, 0.1) is 5.60 Å². The lowest BCUT2D eigenvalue weighted by molar-refractivity contribution is -0.305. The number of nitrogens with one attached hydrogen (secondary N) is 1.